The molecule has 0 spiro atoms. The van der Waals surface area contributed by atoms with Gasteiger partial charge in [0.1, 0.15) is 12.4 Å². The second-order valence-electron chi connectivity index (χ2n) is 4.01. The number of hydrogen-bond acceptors (Lipinski definition) is 3. The van der Waals surface area contributed by atoms with Crippen molar-refractivity contribution in [3.05, 3.63) is 28.8 Å². The average Bonchev–Trinajstić information content (AvgIpc) is 2.38. The molecule has 0 aromatic heterocycles. The highest BCUT2D eigenvalue weighted by atomic mass is 35.5. The molecule has 0 bridgehead atoms. The average molecular weight is 272 g/mol. The zero-order chi connectivity index (χ0) is 13.2. The van der Waals surface area contributed by atoms with Gasteiger partial charge in [0.15, 0.2) is 0 Å². The summed E-state index contributed by atoms with van der Waals surface area (Å²) >= 11 is 6.15. The van der Waals surface area contributed by atoms with Crippen molar-refractivity contribution in [2.24, 2.45) is 0 Å². The fourth-order valence-electron chi connectivity index (χ4n) is 1.50. The molecule has 0 radical (unpaired) electrons. The molecule has 0 fully saturated rings. The first-order valence-corrected chi connectivity index (χ1v) is 6.85. The predicted molar refractivity (Wildman–Crippen MR) is 75.4 cm³/mol. The van der Waals surface area contributed by atoms with Crippen LogP contribution in [0.15, 0.2) is 18.2 Å². The second-order valence-corrected chi connectivity index (χ2v) is 4.41. The van der Waals surface area contributed by atoms with Gasteiger partial charge in [-0.25, -0.2) is 0 Å². The van der Waals surface area contributed by atoms with E-state index < -0.39 is 0 Å². The lowest BCUT2D eigenvalue weighted by molar-refractivity contribution is 0.101. The molecule has 0 saturated carbocycles. The fourth-order valence-corrected chi connectivity index (χ4v) is 1.76. The Hall–Kier alpha value is -0.770. The Bertz CT molecular complexity index is 345. The van der Waals surface area contributed by atoms with E-state index in [-0.39, 0.29) is 0 Å². The maximum absolute atomic E-state index is 6.15. The lowest BCUT2D eigenvalue weighted by Gasteiger charge is -2.10. The number of nitrogens with one attached hydrogen (secondary N) is 1. The molecule has 0 atom stereocenters. The van der Waals surface area contributed by atoms with Gasteiger partial charge < -0.3 is 14.8 Å². The number of benzene rings is 1. The largest absolute Gasteiger partial charge is 0.490 e. The van der Waals surface area contributed by atoms with Crippen LogP contribution in [-0.4, -0.2) is 26.4 Å². The molecule has 0 aliphatic rings. The van der Waals surface area contributed by atoms with Gasteiger partial charge in [-0.2, -0.15) is 0 Å². The van der Waals surface area contributed by atoms with Gasteiger partial charge in [0.25, 0.3) is 0 Å². The van der Waals surface area contributed by atoms with Crippen LogP contribution in [-0.2, 0) is 11.3 Å². The van der Waals surface area contributed by atoms with E-state index in [1.165, 1.54) is 0 Å². The molecule has 1 aromatic carbocycles. The number of ether oxygens (including phenoxy) is 2. The quantitative estimate of drug-likeness (QED) is 0.700. The van der Waals surface area contributed by atoms with Crippen LogP contribution < -0.4 is 10.1 Å². The highest BCUT2D eigenvalue weighted by Gasteiger charge is 2.03. The van der Waals surface area contributed by atoms with E-state index >= 15 is 0 Å². The third-order valence-electron chi connectivity index (χ3n) is 2.41. The molecule has 0 unspecified atom stereocenters. The maximum atomic E-state index is 6.15. The van der Waals surface area contributed by atoms with Gasteiger partial charge in [0, 0.05) is 13.2 Å². The van der Waals surface area contributed by atoms with Gasteiger partial charge in [0.2, 0.25) is 0 Å². The summed E-state index contributed by atoms with van der Waals surface area (Å²) in [6, 6.07) is 5.87. The molecular formula is C14H22ClNO2. The SMILES string of the molecule is CCCOCCOc1ccc(CNCC)cc1Cl. The molecular weight excluding hydrogens is 250 g/mol. The first-order chi connectivity index (χ1) is 8.77. The number of rotatable bonds is 9. The summed E-state index contributed by atoms with van der Waals surface area (Å²) in [6.45, 7) is 7.85. The van der Waals surface area contributed by atoms with Crippen molar-refractivity contribution < 1.29 is 9.47 Å². The summed E-state index contributed by atoms with van der Waals surface area (Å²) in [4.78, 5) is 0. The van der Waals surface area contributed by atoms with Crippen LogP contribution in [0.2, 0.25) is 5.02 Å². The van der Waals surface area contributed by atoms with Crippen LogP contribution in [0, 0.1) is 0 Å². The van der Waals surface area contributed by atoms with Crippen molar-refractivity contribution >= 4 is 11.6 Å². The highest BCUT2D eigenvalue weighted by molar-refractivity contribution is 6.32. The lowest BCUT2D eigenvalue weighted by Crippen LogP contribution is -2.12. The summed E-state index contributed by atoms with van der Waals surface area (Å²) in [5.41, 5.74) is 1.16. The van der Waals surface area contributed by atoms with Crippen molar-refractivity contribution in [3.63, 3.8) is 0 Å². The van der Waals surface area contributed by atoms with E-state index in [1.54, 1.807) is 0 Å². The van der Waals surface area contributed by atoms with Gasteiger partial charge in [-0.3, -0.25) is 0 Å². The minimum atomic E-state index is 0.534. The van der Waals surface area contributed by atoms with Crippen LogP contribution in [0.3, 0.4) is 0 Å². The van der Waals surface area contributed by atoms with Crippen molar-refractivity contribution in [2.75, 3.05) is 26.4 Å². The topological polar surface area (TPSA) is 30.5 Å². The normalized spacial score (nSPS) is 10.6. The molecule has 3 nitrogen and oxygen atoms in total. The fraction of sp³-hybridized carbons (Fsp3) is 0.571. The van der Waals surface area contributed by atoms with Crippen LogP contribution in [0.1, 0.15) is 25.8 Å². The molecule has 0 aliphatic carbocycles. The van der Waals surface area contributed by atoms with Crippen molar-refractivity contribution in [1.29, 1.82) is 0 Å². The molecule has 0 aliphatic heterocycles. The summed E-state index contributed by atoms with van der Waals surface area (Å²) in [5, 5.41) is 3.91. The Balaban J connectivity index is 2.37. The molecule has 0 saturated heterocycles. The molecule has 4 heteroatoms. The smallest absolute Gasteiger partial charge is 0.138 e. The van der Waals surface area contributed by atoms with Crippen molar-refractivity contribution in [2.45, 2.75) is 26.8 Å². The van der Waals surface area contributed by atoms with E-state index in [0.29, 0.717) is 18.2 Å². The Kier molecular flexibility index (Phi) is 7.81. The van der Waals surface area contributed by atoms with Gasteiger partial charge in [-0.15, -0.1) is 0 Å². The maximum Gasteiger partial charge on any atom is 0.138 e. The highest BCUT2D eigenvalue weighted by Crippen LogP contribution is 2.25. The zero-order valence-electron chi connectivity index (χ0n) is 11.2. The van der Waals surface area contributed by atoms with Crippen LogP contribution in [0.4, 0.5) is 0 Å². The zero-order valence-corrected chi connectivity index (χ0v) is 11.9. The second kappa shape index (κ2) is 9.20. The van der Waals surface area contributed by atoms with Crippen LogP contribution in [0.5, 0.6) is 5.75 Å². The molecule has 1 N–H and O–H groups in total. The van der Waals surface area contributed by atoms with E-state index in [2.05, 4.69) is 19.2 Å². The van der Waals surface area contributed by atoms with Gasteiger partial charge in [-0.1, -0.05) is 31.5 Å². The number of halogens is 1. The van der Waals surface area contributed by atoms with E-state index in [1.807, 2.05) is 18.2 Å². The minimum absolute atomic E-state index is 0.534. The Morgan fingerprint density at radius 1 is 1.17 bits per heavy atom. The monoisotopic (exact) mass is 271 g/mol. The van der Waals surface area contributed by atoms with Crippen LogP contribution >= 0.6 is 11.6 Å². The van der Waals surface area contributed by atoms with Crippen molar-refractivity contribution in [1.82, 2.24) is 5.32 Å². The third kappa shape index (κ3) is 5.71. The minimum Gasteiger partial charge on any atom is -0.490 e. The van der Waals surface area contributed by atoms with Crippen LogP contribution in [0.25, 0.3) is 0 Å². The molecule has 102 valence electrons. The number of hydrogen-bond donors (Lipinski definition) is 1. The summed E-state index contributed by atoms with van der Waals surface area (Å²) in [7, 11) is 0. The standard InChI is InChI=1S/C14H22ClNO2/c1-3-7-17-8-9-18-14-6-5-12(10-13(14)15)11-16-4-2/h5-6,10,16H,3-4,7-9,11H2,1-2H3. The van der Waals surface area contributed by atoms with Gasteiger partial charge in [-0.05, 0) is 30.7 Å². The Morgan fingerprint density at radius 3 is 2.67 bits per heavy atom. The molecule has 18 heavy (non-hydrogen) atoms. The Labute approximate surface area is 114 Å². The first-order valence-electron chi connectivity index (χ1n) is 6.47. The molecule has 0 heterocycles. The van der Waals surface area contributed by atoms with E-state index in [9.17, 15) is 0 Å². The Morgan fingerprint density at radius 2 is 2.00 bits per heavy atom. The van der Waals surface area contributed by atoms with Gasteiger partial charge in [0.05, 0.1) is 11.6 Å². The molecule has 1 aromatic rings. The predicted octanol–water partition coefficient (Wildman–Crippen LogP) is 3.25. The summed E-state index contributed by atoms with van der Waals surface area (Å²) < 4.78 is 10.9. The molecule has 0 amide bonds. The molecule has 1 rings (SSSR count). The van der Waals surface area contributed by atoms with E-state index in [4.69, 9.17) is 21.1 Å². The first kappa shape index (κ1) is 15.3. The lowest BCUT2D eigenvalue weighted by atomic mass is 10.2. The third-order valence-corrected chi connectivity index (χ3v) is 2.70. The summed E-state index contributed by atoms with van der Waals surface area (Å²) in [6.07, 6.45) is 1.03. The van der Waals surface area contributed by atoms with Crippen molar-refractivity contribution in [3.8, 4) is 5.75 Å². The van der Waals surface area contributed by atoms with Gasteiger partial charge >= 0.3 is 0 Å². The van der Waals surface area contributed by atoms with E-state index in [0.717, 1.165) is 37.4 Å². The summed E-state index contributed by atoms with van der Waals surface area (Å²) in [5.74, 6) is 0.719.